The maximum absolute atomic E-state index is 12.6. The third-order valence-corrected chi connectivity index (χ3v) is 6.20. The Labute approximate surface area is 215 Å². The number of carbonyl (C=O) groups is 1. The number of methoxy groups -OCH3 is 1. The summed E-state index contributed by atoms with van der Waals surface area (Å²) in [5.74, 6) is 0.957. The van der Waals surface area contributed by atoms with Crippen LogP contribution in [0.1, 0.15) is 28.4 Å². The minimum Gasteiger partial charge on any atom is -0.493 e. The molecule has 0 unspecified atom stereocenters. The molecule has 0 atom stereocenters. The van der Waals surface area contributed by atoms with Gasteiger partial charge >= 0.3 is 0 Å². The highest BCUT2D eigenvalue weighted by Crippen LogP contribution is 2.30. The van der Waals surface area contributed by atoms with Crippen LogP contribution in [0.15, 0.2) is 115 Å². The fourth-order valence-corrected chi connectivity index (χ4v) is 4.14. The Morgan fingerprint density at radius 3 is 2.35 bits per heavy atom. The Balaban J connectivity index is 1.25. The summed E-state index contributed by atoms with van der Waals surface area (Å²) in [7, 11) is 1.61. The molecule has 184 valence electrons. The zero-order valence-electron chi connectivity index (χ0n) is 20.7. The first kappa shape index (κ1) is 23.9. The largest absolute Gasteiger partial charge is 0.493 e. The molecule has 0 aliphatic heterocycles. The fourth-order valence-electron chi connectivity index (χ4n) is 4.14. The van der Waals surface area contributed by atoms with E-state index in [1.807, 2.05) is 84.5 Å². The molecule has 0 spiro atoms. The number of hydrogen-bond acceptors (Lipinski definition) is 4. The van der Waals surface area contributed by atoms with E-state index >= 15 is 0 Å². The average molecular weight is 490 g/mol. The van der Waals surface area contributed by atoms with Gasteiger partial charge in [0, 0.05) is 29.2 Å². The van der Waals surface area contributed by atoms with Crippen molar-refractivity contribution in [2.75, 3.05) is 7.11 Å². The number of hydrazone groups is 1. The highest BCUT2D eigenvalue weighted by atomic mass is 16.5. The fraction of sp³-hybridized carbons (Fsp3) is 0.0968. The van der Waals surface area contributed by atoms with Crippen LogP contribution < -0.4 is 14.9 Å². The zero-order chi connectivity index (χ0) is 25.6. The first-order valence-electron chi connectivity index (χ1n) is 12.0. The molecule has 0 saturated heterocycles. The van der Waals surface area contributed by atoms with Gasteiger partial charge in [-0.25, -0.2) is 5.43 Å². The minimum absolute atomic E-state index is 0.277. The van der Waals surface area contributed by atoms with E-state index in [-0.39, 0.29) is 5.91 Å². The van der Waals surface area contributed by atoms with Crippen LogP contribution in [-0.4, -0.2) is 23.3 Å². The molecule has 5 aromatic rings. The van der Waals surface area contributed by atoms with Gasteiger partial charge in [-0.15, -0.1) is 0 Å². The lowest BCUT2D eigenvalue weighted by molar-refractivity contribution is 0.0955. The van der Waals surface area contributed by atoms with Crippen molar-refractivity contribution in [3.8, 4) is 17.2 Å². The van der Waals surface area contributed by atoms with Crippen molar-refractivity contribution >= 4 is 22.4 Å². The van der Waals surface area contributed by atoms with Gasteiger partial charge in [-0.3, -0.25) is 4.79 Å². The molecule has 0 saturated carbocycles. The number of hydrogen-bond donors (Lipinski definition) is 1. The standard InChI is InChI=1S/C31H27N3O3/c1-22(32-33-31(35)24-12-15-27(16-13-24)34-18-5-6-19-34)25-14-17-29(30(20-25)36-2)37-21-26-10-7-9-23-8-3-4-11-28(23)26/h3-20H,21H2,1-2H3,(H,33,35)/b32-22+. The summed E-state index contributed by atoms with van der Waals surface area (Å²) in [6.07, 6.45) is 3.91. The SMILES string of the molecule is COc1cc(/C(C)=N/NC(=O)c2ccc(-n3cccc3)cc2)ccc1OCc1cccc2ccccc12. The molecule has 37 heavy (non-hydrogen) atoms. The summed E-state index contributed by atoms with van der Waals surface area (Å²) < 4.78 is 13.7. The van der Waals surface area contributed by atoms with Crippen LogP contribution in [-0.2, 0) is 6.61 Å². The number of nitrogens with zero attached hydrogens (tertiary/aromatic N) is 2. The lowest BCUT2D eigenvalue weighted by atomic mass is 10.1. The van der Waals surface area contributed by atoms with Gasteiger partial charge < -0.3 is 14.0 Å². The molecule has 1 amide bonds. The summed E-state index contributed by atoms with van der Waals surface area (Å²) in [6, 6.07) is 31.3. The molecule has 0 aliphatic rings. The maximum Gasteiger partial charge on any atom is 0.271 e. The molecule has 6 heteroatoms. The van der Waals surface area contributed by atoms with Gasteiger partial charge in [0.25, 0.3) is 5.91 Å². The molecule has 0 aliphatic carbocycles. The maximum atomic E-state index is 12.6. The van der Waals surface area contributed by atoms with Crippen molar-refractivity contribution in [3.63, 3.8) is 0 Å². The van der Waals surface area contributed by atoms with Crippen LogP contribution in [0.5, 0.6) is 11.5 Å². The summed E-state index contributed by atoms with van der Waals surface area (Å²) in [5.41, 5.74) is 6.72. The van der Waals surface area contributed by atoms with Gasteiger partial charge in [0.05, 0.1) is 12.8 Å². The summed E-state index contributed by atoms with van der Waals surface area (Å²) >= 11 is 0. The van der Waals surface area contributed by atoms with Crippen LogP contribution in [0.3, 0.4) is 0 Å². The highest BCUT2D eigenvalue weighted by molar-refractivity contribution is 6.01. The Bertz CT molecular complexity index is 1550. The van der Waals surface area contributed by atoms with Crippen LogP contribution in [0.2, 0.25) is 0 Å². The van der Waals surface area contributed by atoms with Gasteiger partial charge in [-0.05, 0) is 77.9 Å². The number of nitrogens with one attached hydrogen (secondary N) is 1. The Hall–Kier alpha value is -4.84. The number of ether oxygens (including phenoxy) is 2. The molecule has 0 fully saturated rings. The molecule has 6 nitrogen and oxygen atoms in total. The lowest BCUT2D eigenvalue weighted by Crippen LogP contribution is -2.19. The van der Waals surface area contributed by atoms with E-state index in [2.05, 4.69) is 34.8 Å². The lowest BCUT2D eigenvalue weighted by Gasteiger charge is -2.13. The van der Waals surface area contributed by atoms with E-state index in [9.17, 15) is 4.79 Å². The first-order valence-corrected chi connectivity index (χ1v) is 12.0. The molecule has 5 rings (SSSR count). The number of fused-ring (bicyclic) bond motifs is 1. The highest BCUT2D eigenvalue weighted by Gasteiger charge is 2.10. The van der Waals surface area contributed by atoms with Crippen molar-refractivity contribution in [1.29, 1.82) is 0 Å². The van der Waals surface area contributed by atoms with Crippen molar-refractivity contribution in [2.24, 2.45) is 5.10 Å². The average Bonchev–Trinajstić information content (AvgIpc) is 3.50. The predicted molar refractivity (Wildman–Crippen MR) is 147 cm³/mol. The topological polar surface area (TPSA) is 64.8 Å². The molecule has 1 N–H and O–H groups in total. The third kappa shape index (κ3) is 5.38. The first-order chi connectivity index (χ1) is 18.1. The van der Waals surface area contributed by atoms with Crippen molar-refractivity contribution in [2.45, 2.75) is 13.5 Å². The van der Waals surface area contributed by atoms with Gasteiger partial charge in [-0.2, -0.15) is 5.10 Å². The monoisotopic (exact) mass is 489 g/mol. The quantitative estimate of drug-likeness (QED) is 0.203. The molecule has 4 aromatic carbocycles. The second kappa shape index (κ2) is 10.8. The van der Waals surface area contributed by atoms with Crippen molar-refractivity contribution in [1.82, 2.24) is 9.99 Å². The second-order valence-electron chi connectivity index (χ2n) is 8.57. The van der Waals surface area contributed by atoms with E-state index in [0.29, 0.717) is 29.4 Å². The van der Waals surface area contributed by atoms with E-state index in [4.69, 9.17) is 9.47 Å². The van der Waals surface area contributed by atoms with Crippen molar-refractivity contribution in [3.05, 3.63) is 126 Å². The molecule has 1 aromatic heterocycles. The van der Waals surface area contributed by atoms with Gasteiger partial charge in [0.15, 0.2) is 11.5 Å². The van der Waals surface area contributed by atoms with E-state index in [1.54, 1.807) is 19.2 Å². The Morgan fingerprint density at radius 1 is 0.838 bits per heavy atom. The summed E-state index contributed by atoms with van der Waals surface area (Å²) in [5, 5.41) is 6.63. The number of aromatic nitrogens is 1. The van der Waals surface area contributed by atoms with E-state index in [1.165, 1.54) is 10.8 Å². The predicted octanol–water partition coefficient (Wildman–Crippen LogP) is 6.37. The molecule has 1 heterocycles. The second-order valence-corrected chi connectivity index (χ2v) is 8.57. The van der Waals surface area contributed by atoms with Crippen LogP contribution >= 0.6 is 0 Å². The molecule has 0 bridgehead atoms. The van der Waals surface area contributed by atoms with Gasteiger partial charge in [0.2, 0.25) is 0 Å². The zero-order valence-corrected chi connectivity index (χ0v) is 20.7. The number of amides is 1. The Kier molecular flexibility index (Phi) is 6.99. The van der Waals surface area contributed by atoms with Gasteiger partial charge in [-0.1, -0.05) is 42.5 Å². The number of carbonyl (C=O) groups excluding carboxylic acids is 1. The Morgan fingerprint density at radius 2 is 1.57 bits per heavy atom. The van der Waals surface area contributed by atoms with Gasteiger partial charge in [0.1, 0.15) is 6.61 Å². The number of benzene rings is 4. The van der Waals surface area contributed by atoms with Crippen LogP contribution in [0.25, 0.3) is 16.5 Å². The number of rotatable bonds is 8. The molecular weight excluding hydrogens is 462 g/mol. The van der Waals surface area contributed by atoms with Crippen LogP contribution in [0, 0.1) is 0 Å². The summed E-state index contributed by atoms with van der Waals surface area (Å²) in [4.78, 5) is 12.6. The third-order valence-electron chi connectivity index (χ3n) is 6.20. The molecular formula is C31H27N3O3. The van der Waals surface area contributed by atoms with Crippen LogP contribution in [0.4, 0.5) is 0 Å². The smallest absolute Gasteiger partial charge is 0.271 e. The molecule has 0 radical (unpaired) electrons. The van der Waals surface area contributed by atoms with E-state index in [0.717, 1.165) is 16.8 Å². The van der Waals surface area contributed by atoms with Crippen molar-refractivity contribution < 1.29 is 14.3 Å². The minimum atomic E-state index is -0.277. The normalized spacial score (nSPS) is 11.4. The summed E-state index contributed by atoms with van der Waals surface area (Å²) in [6.45, 7) is 2.25. The van der Waals surface area contributed by atoms with E-state index < -0.39 is 0 Å².